The van der Waals surface area contributed by atoms with Crippen LogP contribution >= 0.6 is 0 Å². The summed E-state index contributed by atoms with van der Waals surface area (Å²) in [5, 5.41) is 30.9. The lowest BCUT2D eigenvalue weighted by molar-refractivity contribution is -0.145. The molecule has 0 saturated heterocycles. The number of carbonyl (C=O) groups excluding carboxylic acids is 2. The van der Waals surface area contributed by atoms with Crippen LogP contribution in [0.2, 0.25) is 0 Å². The Morgan fingerprint density at radius 1 is 1.40 bits per heavy atom. The van der Waals surface area contributed by atoms with Crippen LogP contribution in [0.4, 0.5) is 0 Å². The van der Waals surface area contributed by atoms with Crippen LogP contribution < -0.4 is 0 Å². The molecule has 0 radical (unpaired) electrons. The first-order chi connectivity index (χ1) is 13.9. The molecule has 0 aromatic rings. The highest BCUT2D eigenvalue weighted by molar-refractivity contribution is 5.77. The molecule has 2 aliphatic carbocycles. The van der Waals surface area contributed by atoms with Crippen LogP contribution in [-0.4, -0.2) is 58.8 Å². The number of hydrogen-bond acceptors (Lipinski definition) is 7. The van der Waals surface area contributed by atoms with Crippen LogP contribution in [0.5, 0.6) is 0 Å². The van der Waals surface area contributed by atoms with E-state index in [1.807, 2.05) is 13.0 Å². The Labute approximate surface area is 178 Å². The maximum absolute atomic E-state index is 12.8. The van der Waals surface area contributed by atoms with E-state index in [0.29, 0.717) is 25.7 Å². The molecule has 0 heterocycles. The Bertz CT molecular complexity index is 703. The van der Waals surface area contributed by atoms with Crippen molar-refractivity contribution >= 4 is 11.9 Å². The van der Waals surface area contributed by atoms with E-state index >= 15 is 0 Å². The van der Waals surface area contributed by atoms with Gasteiger partial charge in [-0.1, -0.05) is 24.6 Å². The van der Waals surface area contributed by atoms with E-state index in [1.54, 1.807) is 6.08 Å². The molecule has 5 atom stereocenters. The average Bonchev–Trinajstić information content (AvgIpc) is 2.78. The van der Waals surface area contributed by atoms with Crippen LogP contribution in [0.1, 0.15) is 59.8 Å². The summed E-state index contributed by atoms with van der Waals surface area (Å²) in [5.74, 6) is -1.62. The van der Waals surface area contributed by atoms with Crippen LogP contribution in [0.3, 0.4) is 0 Å². The van der Waals surface area contributed by atoms with E-state index in [9.17, 15) is 24.9 Å². The minimum absolute atomic E-state index is 0.00137. The SMILES string of the molecule is COC(=O)[C@H]1C2=CC[C@H](O)[C@@](C)(CC[C@@H]1/C(=C\CC(O)C(C)(C)O)COC(C)=O)C2. The molecule has 0 aliphatic heterocycles. The third-order valence-corrected chi connectivity index (χ3v) is 6.64. The third-order valence-electron chi connectivity index (χ3n) is 6.64. The molecule has 3 N–H and O–H groups in total. The molecule has 170 valence electrons. The van der Waals surface area contributed by atoms with Crippen molar-refractivity contribution in [2.75, 3.05) is 13.7 Å². The summed E-state index contributed by atoms with van der Waals surface area (Å²) in [6.45, 7) is 6.40. The number of esters is 2. The number of hydrogen-bond donors (Lipinski definition) is 3. The Hall–Kier alpha value is -1.70. The van der Waals surface area contributed by atoms with E-state index in [4.69, 9.17) is 9.47 Å². The van der Waals surface area contributed by atoms with Crippen molar-refractivity contribution in [3.05, 3.63) is 23.3 Å². The number of aliphatic hydroxyl groups excluding tert-OH is 2. The summed E-state index contributed by atoms with van der Waals surface area (Å²) in [6, 6.07) is 0. The van der Waals surface area contributed by atoms with Gasteiger partial charge in [0.05, 0.1) is 30.8 Å². The molecule has 1 fully saturated rings. The summed E-state index contributed by atoms with van der Waals surface area (Å²) >= 11 is 0. The zero-order valence-corrected chi connectivity index (χ0v) is 18.7. The van der Waals surface area contributed by atoms with Gasteiger partial charge in [0, 0.05) is 12.8 Å². The molecule has 2 rings (SSSR count). The second-order valence-electron chi connectivity index (χ2n) is 9.47. The average molecular weight is 425 g/mol. The molecule has 30 heavy (non-hydrogen) atoms. The summed E-state index contributed by atoms with van der Waals surface area (Å²) in [6.07, 6.45) is 4.78. The van der Waals surface area contributed by atoms with E-state index in [-0.39, 0.29) is 30.3 Å². The van der Waals surface area contributed by atoms with Crippen LogP contribution in [-0.2, 0) is 19.1 Å². The van der Waals surface area contributed by atoms with Crippen molar-refractivity contribution in [3.63, 3.8) is 0 Å². The van der Waals surface area contributed by atoms with Crippen molar-refractivity contribution in [2.24, 2.45) is 17.3 Å². The monoisotopic (exact) mass is 424 g/mol. The fourth-order valence-electron chi connectivity index (χ4n) is 4.50. The zero-order chi connectivity index (χ0) is 22.7. The van der Waals surface area contributed by atoms with Crippen LogP contribution in [0.15, 0.2) is 23.3 Å². The third kappa shape index (κ3) is 5.71. The number of aliphatic hydroxyl groups is 3. The zero-order valence-electron chi connectivity index (χ0n) is 18.7. The lowest BCUT2D eigenvalue weighted by Gasteiger charge is -2.37. The van der Waals surface area contributed by atoms with Gasteiger partial charge in [-0.15, -0.1) is 0 Å². The fourth-order valence-corrected chi connectivity index (χ4v) is 4.50. The number of rotatable bonds is 7. The van der Waals surface area contributed by atoms with Gasteiger partial charge in [-0.25, -0.2) is 0 Å². The van der Waals surface area contributed by atoms with Crippen LogP contribution in [0.25, 0.3) is 0 Å². The predicted molar refractivity (Wildman–Crippen MR) is 111 cm³/mol. The number of ether oxygens (including phenoxy) is 2. The normalized spacial score (nSPS) is 30.7. The van der Waals surface area contributed by atoms with E-state index in [0.717, 1.165) is 11.1 Å². The van der Waals surface area contributed by atoms with Crippen molar-refractivity contribution in [2.45, 2.75) is 77.6 Å². The first kappa shape index (κ1) is 24.6. The topological polar surface area (TPSA) is 113 Å². The lowest BCUT2D eigenvalue weighted by Crippen LogP contribution is -2.36. The van der Waals surface area contributed by atoms with Gasteiger partial charge in [-0.2, -0.15) is 0 Å². The minimum Gasteiger partial charge on any atom is -0.469 e. The van der Waals surface area contributed by atoms with Gasteiger partial charge in [0.15, 0.2) is 0 Å². The number of fused-ring (bicyclic) bond motifs is 2. The Balaban J connectivity index is 2.44. The van der Waals surface area contributed by atoms with Crippen LogP contribution in [0, 0.1) is 17.3 Å². The summed E-state index contributed by atoms with van der Waals surface area (Å²) < 4.78 is 10.4. The molecule has 1 saturated carbocycles. The molecule has 0 amide bonds. The molecule has 1 unspecified atom stereocenters. The highest BCUT2D eigenvalue weighted by atomic mass is 16.5. The van der Waals surface area contributed by atoms with Crippen molar-refractivity contribution in [3.8, 4) is 0 Å². The maximum atomic E-state index is 12.8. The van der Waals surface area contributed by atoms with Gasteiger partial charge in [-0.3, -0.25) is 9.59 Å². The van der Waals surface area contributed by atoms with Crippen molar-refractivity contribution in [1.29, 1.82) is 0 Å². The van der Waals surface area contributed by atoms with E-state index < -0.39 is 29.7 Å². The molecule has 2 aliphatic rings. The standard InChI is InChI=1S/C23H36O7/c1-14(24)30-13-16(7-8-18(25)22(2,3)28)17-10-11-23(4)12-15(6-9-19(23)26)20(17)21(27)29-5/h6-7,17-20,25-26,28H,8-13H2,1-5H3/b16-7-/t17-,18?,19+,20+,23+/m1/s1. The largest absolute Gasteiger partial charge is 0.469 e. The first-order valence-corrected chi connectivity index (χ1v) is 10.6. The van der Waals surface area contributed by atoms with Gasteiger partial charge in [-0.05, 0) is 56.9 Å². The molecular formula is C23H36O7. The molecule has 0 spiro atoms. The van der Waals surface area contributed by atoms with Gasteiger partial charge in [0.2, 0.25) is 0 Å². The molecule has 0 aromatic heterocycles. The van der Waals surface area contributed by atoms with Gasteiger partial charge >= 0.3 is 11.9 Å². The fraction of sp³-hybridized carbons (Fsp3) is 0.739. The highest BCUT2D eigenvalue weighted by Crippen LogP contribution is 2.50. The van der Waals surface area contributed by atoms with Crippen molar-refractivity contribution in [1.82, 2.24) is 0 Å². The summed E-state index contributed by atoms with van der Waals surface area (Å²) in [5.41, 5.74) is 0.0409. The second-order valence-corrected chi connectivity index (χ2v) is 9.47. The molecular weight excluding hydrogens is 388 g/mol. The number of methoxy groups -OCH3 is 1. The van der Waals surface area contributed by atoms with Crippen molar-refractivity contribution < 1.29 is 34.4 Å². The van der Waals surface area contributed by atoms with Gasteiger partial charge in [0.25, 0.3) is 0 Å². The predicted octanol–water partition coefficient (Wildman–Crippen LogP) is 2.28. The summed E-state index contributed by atoms with van der Waals surface area (Å²) in [7, 11) is 1.36. The van der Waals surface area contributed by atoms with E-state index in [2.05, 4.69) is 0 Å². The molecule has 2 bridgehead atoms. The highest BCUT2D eigenvalue weighted by Gasteiger charge is 2.46. The summed E-state index contributed by atoms with van der Waals surface area (Å²) in [4.78, 5) is 24.3. The Morgan fingerprint density at radius 3 is 2.63 bits per heavy atom. The van der Waals surface area contributed by atoms with Gasteiger partial charge < -0.3 is 24.8 Å². The first-order valence-electron chi connectivity index (χ1n) is 10.6. The second kappa shape index (κ2) is 9.62. The number of carbonyl (C=O) groups is 2. The quantitative estimate of drug-likeness (QED) is 0.424. The smallest absolute Gasteiger partial charge is 0.313 e. The van der Waals surface area contributed by atoms with Gasteiger partial charge in [0.1, 0.15) is 6.61 Å². The lowest BCUT2D eigenvalue weighted by atomic mass is 9.71. The Morgan fingerprint density at radius 2 is 2.07 bits per heavy atom. The minimum atomic E-state index is -1.29. The maximum Gasteiger partial charge on any atom is 0.313 e. The van der Waals surface area contributed by atoms with E-state index in [1.165, 1.54) is 27.9 Å². The molecule has 7 nitrogen and oxygen atoms in total. The Kier molecular flexibility index (Phi) is 7.88. The molecule has 0 aromatic carbocycles. The molecule has 7 heteroatoms.